The van der Waals surface area contributed by atoms with Crippen molar-refractivity contribution in [1.29, 1.82) is 0 Å². The van der Waals surface area contributed by atoms with Crippen molar-refractivity contribution in [2.75, 3.05) is 13.6 Å². The largest absolute Gasteiger partial charge is 0.353 e. The lowest BCUT2D eigenvalue weighted by molar-refractivity contribution is -0.120. The fourth-order valence-electron chi connectivity index (χ4n) is 0.534. The summed E-state index contributed by atoms with van der Waals surface area (Å²) >= 11 is 0. The van der Waals surface area contributed by atoms with E-state index in [1.165, 1.54) is 0 Å². The number of rotatable bonds is 3. The molecule has 0 fully saturated rings. The number of carbonyl (C=O) groups is 1. The third-order valence-electron chi connectivity index (χ3n) is 0.787. The number of hydrogen-bond acceptors (Lipinski definition) is 2. The minimum Gasteiger partial charge on any atom is -0.353 e. The van der Waals surface area contributed by atoms with Gasteiger partial charge in [-0.2, -0.15) is 0 Å². The zero-order valence-electron chi connectivity index (χ0n) is 6.60. The quantitative estimate of drug-likeness (QED) is 0.627. The van der Waals surface area contributed by atoms with Crippen LogP contribution in [0.4, 0.5) is 0 Å². The molecule has 0 atom stereocenters. The van der Waals surface area contributed by atoms with Crippen LogP contribution in [0.1, 0.15) is 13.8 Å². The summed E-state index contributed by atoms with van der Waals surface area (Å²) in [5, 5.41) is 5.50. The average molecular weight is 167 g/mol. The van der Waals surface area contributed by atoms with Gasteiger partial charge >= 0.3 is 0 Å². The van der Waals surface area contributed by atoms with Crippen molar-refractivity contribution in [2.24, 2.45) is 0 Å². The molecule has 0 aliphatic carbocycles. The molecule has 10 heavy (non-hydrogen) atoms. The van der Waals surface area contributed by atoms with Gasteiger partial charge in [-0.1, -0.05) is 0 Å². The van der Waals surface area contributed by atoms with Crippen molar-refractivity contribution in [3.05, 3.63) is 0 Å². The van der Waals surface area contributed by atoms with Crippen LogP contribution in [0.25, 0.3) is 0 Å². The van der Waals surface area contributed by atoms with Gasteiger partial charge in [-0.15, -0.1) is 12.4 Å². The predicted molar refractivity (Wildman–Crippen MR) is 44.5 cm³/mol. The molecule has 2 N–H and O–H groups in total. The molecule has 0 aromatic heterocycles. The third-order valence-corrected chi connectivity index (χ3v) is 0.787. The van der Waals surface area contributed by atoms with Crippen LogP contribution in [-0.4, -0.2) is 25.5 Å². The second kappa shape index (κ2) is 6.83. The Kier molecular flexibility index (Phi) is 8.48. The van der Waals surface area contributed by atoms with Gasteiger partial charge in [0.05, 0.1) is 6.54 Å². The van der Waals surface area contributed by atoms with E-state index < -0.39 is 0 Å². The highest BCUT2D eigenvalue weighted by Crippen LogP contribution is 1.74. The topological polar surface area (TPSA) is 41.1 Å². The predicted octanol–water partition coefficient (Wildman–Crippen LogP) is 0.152. The maximum Gasteiger partial charge on any atom is 0.234 e. The highest BCUT2D eigenvalue weighted by Gasteiger charge is 1.98. The van der Waals surface area contributed by atoms with E-state index in [1.807, 2.05) is 13.8 Å². The first kappa shape index (κ1) is 12.4. The molecule has 0 aromatic rings. The Morgan fingerprint density at radius 1 is 1.50 bits per heavy atom. The molecule has 62 valence electrons. The van der Waals surface area contributed by atoms with Crippen LogP contribution < -0.4 is 10.6 Å². The lowest BCUT2D eigenvalue weighted by Crippen LogP contribution is -2.36. The van der Waals surface area contributed by atoms with Gasteiger partial charge in [-0.25, -0.2) is 0 Å². The lowest BCUT2D eigenvalue weighted by atomic mass is 10.4. The SMILES string of the molecule is CNCC(=O)NC(C)C.Cl. The smallest absolute Gasteiger partial charge is 0.234 e. The van der Waals surface area contributed by atoms with Gasteiger partial charge in [0.2, 0.25) is 5.91 Å². The van der Waals surface area contributed by atoms with Gasteiger partial charge in [0.25, 0.3) is 0 Å². The molecule has 1 amide bonds. The van der Waals surface area contributed by atoms with Crippen LogP contribution in [0.2, 0.25) is 0 Å². The molecule has 0 rings (SSSR count). The Hall–Kier alpha value is -0.280. The summed E-state index contributed by atoms with van der Waals surface area (Å²) in [7, 11) is 1.75. The summed E-state index contributed by atoms with van der Waals surface area (Å²) in [5.74, 6) is 0.0486. The molecule has 0 aromatic carbocycles. The Morgan fingerprint density at radius 3 is 2.30 bits per heavy atom. The van der Waals surface area contributed by atoms with Crippen LogP contribution >= 0.6 is 12.4 Å². The fraction of sp³-hybridized carbons (Fsp3) is 0.833. The van der Waals surface area contributed by atoms with Crippen LogP contribution in [0.15, 0.2) is 0 Å². The summed E-state index contributed by atoms with van der Waals surface area (Å²) in [4.78, 5) is 10.7. The van der Waals surface area contributed by atoms with Crippen molar-refractivity contribution in [1.82, 2.24) is 10.6 Å². The number of nitrogens with one attached hydrogen (secondary N) is 2. The minimum absolute atomic E-state index is 0. The molecule has 4 heteroatoms. The number of carbonyl (C=O) groups excluding carboxylic acids is 1. The van der Waals surface area contributed by atoms with Crippen LogP contribution in [0.3, 0.4) is 0 Å². The van der Waals surface area contributed by atoms with Crippen molar-refractivity contribution in [3.63, 3.8) is 0 Å². The third kappa shape index (κ3) is 7.72. The van der Waals surface area contributed by atoms with Crippen LogP contribution in [0, 0.1) is 0 Å². The minimum atomic E-state index is 0. The Balaban J connectivity index is 0. The van der Waals surface area contributed by atoms with Gasteiger partial charge in [-0.3, -0.25) is 4.79 Å². The van der Waals surface area contributed by atoms with E-state index >= 15 is 0 Å². The zero-order valence-corrected chi connectivity index (χ0v) is 7.42. The molecule has 0 aliphatic heterocycles. The van der Waals surface area contributed by atoms with E-state index in [2.05, 4.69) is 10.6 Å². The van der Waals surface area contributed by atoms with E-state index in [4.69, 9.17) is 0 Å². The van der Waals surface area contributed by atoms with Gasteiger partial charge in [-0.05, 0) is 20.9 Å². The van der Waals surface area contributed by atoms with E-state index in [0.29, 0.717) is 6.54 Å². The molecule has 0 aliphatic rings. The number of amides is 1. The first-order valence-corrected chi connectivity index (χ1v) is 3.10. The van der Waals surface area contributed by atoms with Crippen molar-refractivity contribution >= 4 is 18.3 Å². The summed E-state index contributed by atoms with van der Waals surface area (Å²) in [6.45, 7) is 4.28. The molecular weight excluding hydrogens is 152 g/mol. The molecular formula is C6H15ClN2O. The summed E-state index contributed by atoms with van der Waals surface area (Å²) in [5.41, 5.74) is 0. The molecule has 0 bridgehead atoms. The van der Waals surface area contributed by atoms with Crippen molar-refractivity contribution in [2.45, 2.75) is 19.9 Å². The number of halogens is 1. The van der Waals surface area contributed by atoms with E-state index in [-0.39, 0.29) is 24.4 Å². The molecule has 3 nitrogen and oxygen atoms in total. The summed E-state index contributed by atoms with van der Waals surface area (Å²) < 4.78 is 0. The highest BCUT2D eigenvalue weighted by molar-refractivity contribution is 5.85. The van der Waals surface area contributed by atoms with Crippen molar-refractivity contribution < 1.29 is 4.79 Å². The second-order valence-corrected chi connectivity index (χ2v) is 2.25. The van der Waals surface area contributed by atoms with Gasteiger partial charge in [0.1, 0.15) is 0 Å². The summed E-state index contributed by atoms with van der Waals surface area (Å²) in [6, 6.07) is 0.242. The molecule has 0 spiro atoms. The van der Waals surface area contributed by atoms with Crippen LogP contribution in [0.5, 0.6) is 0 Å². The normalized spacial score (nSPS) is 8.80. The first-order valence-electron chi connectivity index (χ1n) is 3.10. The molecule has 0 saturated carbocycles. The average Bonchev–Trinajstić information content (AvgIpc) is 1.63. The van der Waals surface area contributed by atoms with Gasteiger partial charge in [0.15, 0.2) is 0 Å². The lowest BCUT2D eigenvalue weighted by Gasteiger charge is -2.06. The Morgan fingerprint density at radius 2 is 2.00 bits per heavy atom. The van der Waals surface area contributed by atoms with E-state index in [1.54, 1.807) is 7.05 Å². The Labute approximate surface area is 68.0 Å². The maximum atomic E-state index is 10.7. The fourth-order valence-corrected chi connectivity index (χ4v) is 0.534. The monoisotopic (exact) mass is 166 g/mol. The standard InChI is InChI=1S/C6H14N2O.ClH/c1-5(2)8-6(9)4-7-3;/h5,7H,4H2,1-3H3,(H,8,9);1H. The summed E-state index contributed by atoms with van der Waals surface area (Å²) in [6.07, 6.45) is 0. The first-order chi connectivity index (χ1) is 4.16. The van der Waals surface area contributed by atoms with Gasteiger partial charge in [0, 0.05) is 6.04 Å². The maximum absolute atomic E-state index is 10.7. The van der Waals surface area contributed by atoms with Crippen molar-refractivity contribution in [3.8, 4) is 0 Å². The molecule has 0 radical (unpaired) electrons. The second-order valence-electron chi connectivity index (χ2n) is 2.25. The van der Waals surface area contributed by atoms with E-state index in [0.717, 1.165) is 0 Å². The Bertz CT molecular complexity index is 95.7. The molecule has 0 saturated heterocycles. The molecule has 0 unspecified atom stereocenters. The number of likely N-dealkylation sites (N-methyl/N-ethyl adjacent to an activating group) is 1. The van der Waals surface area contributed by atoms with Crippen LogP contribution in [-0.2, 0) is 4.79 Å². The molecule has 0 heterocycles. The van der Waals surface area contributed by atoms with E-state index in [9.17, 15) is 4.79 Å². The zero-order chi connectivity index (χ0) is 7.28. The highest BCUT2D eigenvalue weighted by atomic mass is 35.5. The number of hydrogen-bond donors (Lipinski definition) is 2. The van der Waals surface area contributed by atoms with Gasteiger partial charge < -0.3 is 10.6 Å².